The molecule has 7 aliphatic rings. The fraction of sp³-hybridized carbons (Fsp3) is 1.00. The van der Waals surface area contributed by atoms with Crippen molar-refractivity contribution in [1.82, 2.24) is 0 Å². The topological polar surface area (TPSA) is 0 Å². The Labute approximate surface area is 105 Å². The summed E-state index contributed by atoms with van der Waals surface area (Å²) in [4.78, 5) is 0. The van der Waals surface area contributed by atoms with Gasteiger partial charge in [-0.2, -0.15) is 0 Å². The zero-order valence-corrected chi connectivity index (χ0v) is 11.5. The lowest BCUT2D eigenvalue weighted by Crippen LogP contribution is -2.71. The molecule has 7 rings (SSSR count). The molecule has 7 saturated carbocycles. The van der Waals surface area contributed by atoms with Crippen molar-refractivity contribution in [3.63, 3.8) is 0 Å². The van der Waals surface area contributed by atoms with Crippen molar-refractivity contribution in [3.05, 3.63) is 0 Å². The lowest BCUT2D eigenvalue weighted by Gasteiger charge is -2.74. The monoisotopic (exact) mass is 254 g/mol. The van der Waals surface area contributed by atoms with Gasteiger partial charge < -0.3 is 0 Å². The van der Waals surface area contributed by atoms with Gasteiger partial charge in [0.15, 0.2) is 0 Å². The predicted molar refractivity (Wildman–Crippen MR) is 69.6 cm³/mol. The zero-order valence-electron chi connectivity index (χ0n) is 9.61. The number of rotatable bonds is 0. The predicted octanol–water partition coefficient (Wildman–Crippen LogP) is 3.54. The largest absolute Gasteiger partial charge is 0.130 e. The van der Waals surface area contributed by atoms with Crippen molar-refractivity contribution in [2.45, 2.75) is 42.6 Å². The van der Waals surface area contributed by atoms with E-state index < -0.39 is 0 Å². The summed E-state index contributed by atoms with van der Waals surface area (Å²) >= 11 is 6.77. The van der Waals surface area contributed by atoms with Crippen LogP contribution in [-0.2, 0) is 0 Å². The summed E-state index contributed by atoms with van der Waals surface area (Å²) < 4.78 is 0. The Balaban J connectivity index is 1.72. The standard InChI is InChI=1S/C14H20ClP/c15-13-7-3-10-8-1-6-2-9(12(8)13)11(4-7)14(10,16)5-6/h6-13H,1-5,16H2. The van der Waals surface area contributed by atoms with Crippen LogP contribution in [0.4, 0.5) is 0 Å². The highest BCUT2D eigenvalue weighted by Crippen LogP contribution is 2.75. The molecular formula is C14H20ClP. The highest BCUT2D eigenvalue weighted by molar-refractivity contribution is 7.19. The van der Waals surface area contributed by atoms with Crippen molar-refractivity contribution >= 4 is 20.8 Å². The molecule has 0 nitrogen and oxygen atoms in total. The Hall–Kier alpha value is 0.720. The van der Waals surface area contributed by atoms with Gasteiger partial charge in [0.25, 0.3) is 0 Å². The molecule has 6 unspecified atom stereocenters. The normalized spacial score (nSPS) is 73.9. The lowest BCUT2D eigenvalue weighted by atomic mass is 9.35. The van der Waals surface area contributed by atoms with E-state index in [0.717, 1.165) is 41.4 Å². The van der Waals surface area contributed by atoms with Crippen LogP contribution >= 0.6 is 20.8 Å². The molecule has 16 heavy (non-hydrogen) atoms. The van der Waals surface area contributed by atoms with Crippen LogP contribution in [0.2, 0.25) is 0 Å². The second kappa shape index (κ2) is 2.67. The quantitative estimate of drug-likeness (QED) is 0.458. The van der Waals surface area contributed by atoms with Crippen molar-refractivity contribution < 1.29 is 0 Å². The first-order valence-electron chi connectivity index (χ1n) is 7.11. The lowest BCUT2D eigenvalue weighted by molar-refractivity contribution is -0.184. The molecule has 0 amide bonds. The minimum atomic E-state index is 0.552. The average molecular weight is 255 g/mol. The van der Waals surface area contributed by atoms with E-state index in [-0.39, 0.29) is 0 Å². The zero-order chi connectivity index (χ0) is 10.7. The van der Waals surface area contributed by atoms with Crippen LogP contribution < -0.4 is 0 Å². The summed E-state index contributed by atoms with van der Waals surface area (Å²) in [5.41, 5.74) is 0. The molecule has 6 atom stereocenters. The second-order valence-corrected chi connectivity index (χ2v) is 9.03. The Bertz CT molecular complexity index is 340. The van der Waals surface area contributed by atoms with Gasteiger partial charge in [0.05, 0.1) is 0 Å². The molecule has 0 radical (unpaired) electrons. The van der Waals surface area contributed by atoms with E-state index in [2.05, 4.69) is 9.24 Å². The van der Waals surface area contributed by atoms with Gasteiger partial charge in [0, 0.05) is 5.38 Å². The Kier molecular flexibility index (Phi) is 1.61. The van der Waals surface area contributed by atoms with Crippen LogP contribution in [0.15, 0.2) is 0 Å². The molecule has 0 saturated heterocycles. The summed E-state index contributed by atoms with van der Waals surface area (Å²) in [7, 11) is 3.35. The summed E-state index contributed by atoms with van der Waals surface area (Å²) in [6.45, 7) is 0. The van der Waals surface area contributed by atoms with Crippen LogP contribution in [0.3, 0.4) is 0 Å². The maximum atomic E-state index is 6.77. The number of halogens is 1. The molecule has 0 aromatic carbocycles. The highest BCUT2D eigenvalue weighted by atomic mass is 35.5. The summed E-state index contributed by atoms with van der Waals surface area (Å²) in [5, 5.41) is 1.22. The van der Waals surface area contributed by atoms with Gasteiger partial charge >= 0.3 is 0 Å². The van der Waals surface area contributed by atoms with E-state index >= 15 is 0 Å². The Morgan fingerprint density at radius 2 is 1.62 bits per heavy atom. The first kappa shape index (κ1) is 9.62. The molecule has 0 spiro atoms. The molecule has 7 aliphatic carbocycles. The van der Waals surface area contributed by atoms with Crippen molar-refractivity contribution in [2.75, 3.05) is 0 Å². The molecule has 0 aromatic heterocycles. The van der Waals surface area contributed by atoms with E-state index in [1.165, 1.54) is 32.1 Å². The molecule has 0 heterocycles. The van der Waals surface area contributed by atoms with Gasteiger partial charge in [-0.05, 0) is 78.7 Å². The van der Waals surface area contributed by atoms with Gasteiger partial charge in [-0.3, -0.25) is 0 Å². The SMILES string of the molecule is PC12CC3CC4C5C(Cl)C(CC41)CC2C5C3. The summed E-state index contributed by atoms with van der Waals surface area (Å²) in [6, 6.07) is 0. The molecule has 0 N–H and O–H groups in total. The smallest absolute Gasteiger partial charge is 0.0398 e. The number of hydrogen-bond donors (Lipinski definition) is 0. The molecular weight excluding hydrogens is 235 g/mol. The van der Waals surface area contributed by atoms with Crippen LogP contribution in [0.25, 0.3) is 0 Å². The summed E-state index contributed by atoms with van der Waals surface area (Å²) in [5.74, 6) is 6.99. The minimum absolute atomic E-state index is 0.552. The molecule has 8 bridgehead atoms. The van der Waals surface area contributed by atoms with E-state index in [0.29, 0.717) is 10.5 Å². The van der Waals surface area contributed by atoms with Crippen molar-refractivity contribution in [3.8, 4) is 0 Å². The van der Waals surface area contributed by atoms with Gasteiger partial charge in [-0.15, -0.1) is 20.8 Å². The van der Waals surface area contributed by atoms with E-state index in [1.54, 1.807) is 0 Å². The third-order valence-corrected chi connectivity index (χ3v) is 8.93. The molecule has 0 aromatic rings. The number of alkyl halides is 1. The number of hydrogen-bond acceptors (Lipinski definition) is 0. The fourth-order valence-corrected chi connectivity index (χ4v) is 8.67. The van der Waals surface area contributed by atoms with Gasteiger partial charge in [0.2, 0.25) is 0 Å². The average Bonchev–Trinajstić information content (AvgIpc) is 2.25. The van der Waals surface area contributed by atoms with E-state index in [1.807, 2.05) is 0 Å². The van der Waals surface area contributed by atoms with E-state index in [9.17, 15) is 0 Å². The molecule has 88 valence electrons. The summed E-state index contributed by atoms with van der Waals surface area (Å²) in [6.07, 6.45) is 7.53. The van der Waals surface area contributed by atoms with Crippen LogP contribution in [0.1, 0.15) is 32.1 Å². The molecule has 7 fully saturated rings. The first-order chi connectivity index (χ1) is 7.68. The first-order valence-corrected chi connectivity index (χ1v) is 8.13. The maximum Gasteiger partial charge on any atom is 0.0398 e. The molecule has 0 aliphatic heterocycles. The fourth-order valence-electron chi connectivity index (χ4n) is 6.99. The third-order valence-electron chi connectivity index (χ3n) is 7.19. The Morgan fingerprint density at radius 3 is 2.25 bits per heavy atom. The third kappa shape index (κ3) is 0.832. The highest BCUT2D eigenvalue weighted by Gasteiger charge is 2.70. The van der Waals surface area contributed by atoms with Gasteiger partial charge in [-0.25, -0.2) is 0 Å². The second-order valence-electron chi connectivity index (χ2n) is 7.45. The van der Waals surface area contributed by atoms with Crippen molar-refractivity contribution in [1.29, 1.82) is 0 Å². The van der Waals surface area contributed by atoms with Crippen LogP contribution in [-0.4, -0.2) is 10.5 Å². The van der Waals surface area contributed by atoms with Crippen molar-refractivity contribution in [2.24, 2.45) is 41.4 Å². The minimum Gasteiger partial charge on any atom is -0.130 e. The van der Waals surface area contributed by atoms with Gasteiger partial charge in [-0.1, -0.05) is 0 Å². The maximum absolute atomic E-state index is 6.77. The van der Waals surface area contributed by atoms with Crippen LogP contribution in [0.5, 0.6) is 0 Å². The van der Waals surface area contributed by atoms with E-state index in [4.69, 9.17) is 11.6 Å². The van der Waals surface area contributed by atoms with Gasteiger partial charge in [0.1, 0.15) is 0 Å². The Morgan fingerprint density at radius 1 is 1.00 bits per heavy atom. The molecule has 2 heteroatoms. The van der Waals surface area contributed by atoms with Crippen LogP contribution in [0, 0.1) is 41.4 Å².